The van der Waals surface area contributed by atoms with E-state index in [-0.39, 0.29) is 5.91 Å². The van der Waals surface area contributed by atoms with Crippen molar-refractivity contribution in [2.24, 2.45) is 7.05 Å². The van der Waals surface area contributed by atoms with Crippen molar-refractivity contribution >= 4 is 51.0 Å². The average molecular weight is 344 g/mol. The molecule has 0 aliphatic rings. The van der Waals surface area contributed by atoms with E-state index in [0.717, 1.165) is 21.9 Å². The summed E-state index contributed by atoms with van der Waals surface area (Å²) in [5.74, 6) is -0.164. The number of fused-ring (bicyclic) bond motifs is 3. The first-order chi connectivity index (χ1) is 11.1. The fraction of sp³-hybridized carbons (Fsp3) is 0.0588. The van der Waals surface area contributed by atoms with Crippen LogP contribution in [0.5, 0.6) is 0 Å². The molecule has 0 aliphatic carbocycles. The Morgan fingerprint density at radius 2 is 1.83 bits per heavy atom. The lowest BCUT2D eigenvalue weighted by Gasteiger charge is -2.06. The highest BCUT2D eigenvalue weighted by Crippen LogP contribution is 2.30. The van der Waals surface area contributed by atoms with Crippen LogP contribution in [0.2, 0.25) is 10.0 Å². The van der Waals surface area contributed by atoms with Crippen molar-refractivity contribution in [3.8, 4) is 0 Å². The largest absolute Gasteiger partial charge is 0.272 e. The van der Waals surface area contributed by atoms with Crippen molar-refractivity contribution in [3.63, 3.8) is 0 Å². The normalized spacial score (nSPS) is 11.4. The molecule has 0 radical (unpaired) electrons. The summed E-state index contributed by atoms with van der Waals surface area (Å²) >= 11 is 12.0. The molecule has 4 nitrogen and oxygen atoms in total. The van der Waals surface area contributed by atoms with Crippen LogP contribution in [0.15, 0.2) is 48.7 Å². The van der Waals surface area contributed by atoms with Gasteiger partial charge in [0.05, 0.1) is 32.8 Å². The topological polar surface area (TPSA) is 39.8 Å². The van der Waals surface area contributed by atoms with E-state index in [1.54, 1.807) is 33.6 Å². The van der Waals surface area contributed by atoms with Crippen LogP contribution in [0.1, 0.15) is 10.4 Å². The van der Waals surface area contributed by atoms with Gasteiger partial charge in [-0.1, -0.05) is 41.4 Å². The van der Waals surface area contributed by atoms with Crippen molar-refractivity contribution in [2.75, 3.05) is 0 Å². The predicted octanol–water partition coefficient (Wildman–Crippen LogP) is 4.52. The molecule has 4 rings (SSSR count). The van der Waals surface area contributed by atoms with Crippen molar-refractivity contribution in [3.05, 3.63) is 64.3 Å². The molecule has 0 N–H and O–H groups in total. The zero-order valence-corrected chi connectivity index (χ0v) is 13.6. The Morgan fingerprint density at radius 1 is 1.04 bits per heavy atom. The highest BCUT2D eigenvalue weighted by atomic mass is 35.5. The molecule has 0 atom stereocenters. The summed E-state index contributed by atoms with van der Waals surface area (Å²) < 4.78 is 3.44. The number of rotatable bonds is 1. The number of hydrogen-bond acceptors (Lipinski definition) is 2. The number of carbonyl (C=O) groups excluding carboxylic acids is 1. The molecular formula is C17H11Cl2N3O. The van der Waals surface area contributed by atoms with Crippen molar-refractivity contribution < 1.29 is 4.79 Å². The standard InChI is InChI=1S/C17H11Cl2N3O/c1-21-16-11-4-2-3-5-14(11)22(15(16)9-20-21)17(23)10-6-7-12(18)13(19)8-10/h2-9H,1H3. The van der Waals surface area contributed by atoms with Crippen LogP contribution in [0, 0.1) is 0 Å². The van der Waals surface area contributed by atoms with Gasteiger partial charge in [-0.3, -0.25) is 14.0 Å². The van der Waals surface area contributed by atoms with Crippen LogP contribution in [0.4, 0.5) is 0 Å². The number of benzene rings is 2. The fourth-order valence-electron chi connectivity index (χ4n) is 2.88. The molecule has 2 aromatic carbocycles. The summed E-state index contributed by atoms with van der Waals surface area (Å²) in [5, 5.41) is 6.03. The maximum atomic E-state index is 13.0. The molecule has 0 amide bonds. The van der Waals surface area contributed by atoms with Gasteiger partial charge in [-0.2, -0.15) is 5.10 Å². The van der Waals surface area contributed by atoms with Crippen LogP contribution in [-0.4, -0.2) is 20.3 Å². The first-order valence-corrected chi connectivity index (χ1v) is 7.74. The second-order valence-electron chi connectivity index (χ2n) is 5.29. The molecule has 2 heterocycles. The molecule has 114 valence electrons. The highest BCUT2D eigenvalue weighted by molar-refractivity contribution is 6.42. The van der Waals surface area contributed by atoms with Crippen molar-refractivity contribution in [1.82, 2.24) is 14.3 Å². The molecule has 0 fully saturated rings. The molecule has 2 aromatic heterocycles. The van der Waals surface area contributed by atoms with E-state index in [4.69, 9.17) is 23.2 Å². The maximum absolute atomic E-state index is 13.0. The SMILES string of the molecule is Cn1ncc2c1c1ccccc1n2C(=O)c1ccc(Cl)c(Cl)c1. The Hall–Kier alpha value is -2.30. The molecule has 4 aromatic rings. The van der Waals surface area contributed by atoms with Gasteiger partial charge in [-0.05, 0) is 24.3 Å². The number of halogens is 2. The van der Waals surface area contributed by atoms with E-state index in [1.807, 2.05) is 31.3 Å². The monoisotopic (exact) mass is 343 g/mol. The van der Waals surface area contributed by atoms with Crippen LogP contribution < -0.4 is 0 Å². The zero-order valence-electron chi connectivity index (χ0n) is 12.1. The number of para-hydroxylation sites is 1. The third kappa shape index (κ3) is 2.06. The molecule has 0 aliphatic heterocycles. The summed E-state index contributed by atoms with van der Waals surface area (Å²) in [5.41, 5.74) is 3.01. The third-order valence-electron chi connectivity index (χ3n) is 3.93. The first kappa shape index (κ1) is 14.3. The van der Waals surface area contributed by atoms with E-state index in [2.05, 4.69) is 5.10 Å². The Kier molecular flexibility index (Phi) is 3.18. The van der Waals surface area contributed by atoms with Gasteiger partial charge in [0.2, 0.25) is 0 Å². The first-order valence-electron chi connectivity index (χ1n) is 6.99. The summed E-state index contributed by atoms with van der Waals surface area (Å²) in [4.78, 5) is 13.0. The lowest BCUT2D eigenvalue weighted by atomic mass is 10.2. The predicted molar refractivity (Wildman–Crippen MR) is 92.4 cm³/mol. The average Bonchev–Trinajstić information content (AvgIpc) is 3.07. The Labute approximate surface area is 141 Å². The van der Waals surface area contributed by atoms with Gasteiger partial charge in [0.25, 0.3) is 5.91 Å². The quantitative estimate of drug-likeness (QED) is 0.509. The number of hydrogen-bond donors (Lipinski definition) is 0. The molecule has 0 saturated carbocycles. The fourth-order valence-corrected chi connectivity index (χ4v) is 3.18. The van der Waals surface area contributed by atoms with E-state index in [9.17, 15) is 4.79 Å². The van der Waals surface area contributed by atoms with Crippen molar-refractivity contribution in [1.29, 1.82) is 0 Å². The minimum absolute atomic E-state index is 0.164. The Bertz CT molecular complexity index is 1080. The van der Waals surface area contributed by atoms with Crippen LogP contribution in [0.25, 0.3) is 21.9 Å². The summed E-state index contributed by atoms with van der Waals surface area (Å²) in [6, 6.07) is 12.7. The smallest absolute Gasteiger partial charge is 0.263 e. The van der Waals surface area contributed by atoms with E-state index in [0.29, 0.717) is 15.6 Å². The lowest BCUT2D eigenvalue weighted by molar-refractivity contribution is 0.0969. The molecule has 23 heavy (non-hydrogen) atoms. The third-order valence-corrected chi connectivity index (χ3v) is 4.67. The van der Waals surface area contributed by atoms with Gasteiger partial charge in [0, 0.05) is 18.0 Å². The van der Waals surface area contributed by atoms with Crippen LogP contribution in [-0.2, 0) is 7.05 Å². The number of aromatic nitrogens is 3. The number of carbonyl (C=O) groups is 1. The maximum Gasteiger partial charge on any atom is 0.263 e. The van der Waals surface area contributed by atoms with Gasteiger partial charge >= 0.3 is 0 Å². The minimum atomic E-state index is -0.164. The van der Waals surface area contributed by atoms with Gasteiger partial charge in [-0.15, -0.1) is 0 Å². The van der Waals surface area contributed by atoms with E-state index in [1.165, 1.54) is 0 Å². The second-order valence-corrected chi connectivity index (χ2v) is 6.10. The Balaban J connectivity index is 2.03. The molecule has 0 bridgehead atoms. The van der Waals surface area contributed by atoms with Gasteiger partial charge < -0.3 is 0 Å². The minimum Gasteiger partial charge on any atom is -0.272 e. The highest BCUT2D eigenvalue weighted by Gasteiger charge is 2.20. The second kappa shape index (κ2) is 5.11. The summed E-state index contributed by atoms with van der Waals surface area (Å²) in [7, 11) is 1.86. The van der Waals surface area contributed by atoms with E-state index < -0.39 is 0 Å². The van der Waals surface area contributed by atoms with Gasteiger partial charge in [0.1, 0.15) is 0 Å². The van der Waals surface area contributed by atoms with E-state index >= 15 is 0 Å². The number of aryl methyl sites for hydroxylation is 1. The van der Waals surface area contributed by atoms with Crippen LogP contribution in [0.3, 0.4) is 0 Å². The zero-order chi connectivity index (χ0) is 16.1. The molecule has 6 heteroatoms. The van der Waals surface area contributed by atoms with Gasteiger partial charge in [0.15, 0.2) is 0 Å². The van der Waals surface area contributed by atoms with Gasteiger partial charge in [-0.25, -0.2) is 0 Å². The lowest BCUT2D eigenvalue weighted by Crippen LogP contribution is -2.11. The molecule has 0 saturated heterocycles. The molecular weight excluding hydrogens is 333 g/mol. The Morgan fingerprint density at radius 3 is 2.61 bits per heavy atom. The summed E-state index contributed by atoms with van der Waals surface area (Å²) in [6.07, 6.45) is 1.70. The van der Waals surface area contributed by atoms with Crippen molar-refractivity contribution in [2.45, 2.75) is 0 Å². The molecule has 0 spiro atoms. The molecule has 0 unspecified atom stereocenters. The number of nitrogens with zero attached hydrogens (tertiary/aromatic N) is 3. The summed E-state index contributed by atoms with van der Waals surface area (Å²) in [6.45, 7) is 0. The van der Waals surface area contributed by atoms with Crippen LogP contribution >= 0.6 is 23.2 Å².